The molecular formula is C19H27NO2. The summed E-state index contributed by atoms with van der Waals surface area (Å²) >= 11 is 0. The summed E-state index contributed by atoms with van der Waals surface area (Å²) in [6.07, 6.45) is 3.04. The van der Waals surface area contributed by atoms with Gasteiger partial charge in [-0.2, -0.15) is 0 Å². The Labute approximate surface area is 133 Å². The Balaban J connectivity index is 1.82. The first-order chi connectivity index (χ1) is 10.4. The minimum atomic E-state index is 0.0690. The fourth-order valence-electron chi connectivity index (χ4n) is 3.10. The van der Waals surface area contributed by atoms with Gasteiger partial charge in [0.2, 0.25) is 5.91 Å². The van der Waals surface area contributed by atoms with Crippen LogP contribution in [0.4, 0.5) is 0 Å². The van der Waals surface area contributed by atoms with Crippen LogP contribution >= 0.6 is 0 Å². The molecule has 2 unspecified atom stereocenters. The van der Waals surface area contributed by atoms with Crippen LogP contribution in [0.5, 0.6) is 0 Å². The molecule has 1 amide bonds. The molecule has 0 bridgehead atoms. The number of aliphatic hydroxyl groups excluding tert-OH is 1. The molecule has 1 fully saturated rings. The summed E-state index contributed by atoms with van der Waals surface area (Å²) in [5.41, 5.74) is 3.44. The van der Waals surface area contributed by atoms with Crippen molar-refractivity contribution in [2.75, 3.05) is 6.54 Å². The highest BCUT2D eigenvalue weighted by molar-refractivity contribution is 5.83. The van der Waals surface area contributed by atoms with Crippen LogP contribution in [0.25, 0.3) is 0 Å². The van der Waals surface area contributed by atoms with Crippen LogP contribution in [0.3, 0.4) is 0 Å². The summed E-state index contributed by atoms with van der Waals surface area (Å²) in [6.45, 7) is 9.22. The van der Waals surface area contributed by atoms with Gasteiger partial charge < -0.3 is 10.4 Å². The van der Waals surface area contributed by atoms with Gasteiger partial charge in [0.1, 0.15) is 0 Å². The number of amides is 1. The molecule has 0 radical (unpaired) electrons. The molecule has 2 rings (SSSR count). The summed E-state index contributed by atoms with van der Waals surface area (Å²) in [5.74, 6) is 0.625. The molecule has 3 heteroatoms. The van der Waals surface area contributed by atoms with Crippen molar-refractivity contribution in [3.05, 3.63) is 47.0 Å². The van der Waals surface area contributed by atoms with E-state index in [9.17, 15) is 4.79 Å². The second kappa shape index (κ2) is 6.66. The van der Waals surface area contributed by atoms with E-state index in [-0.39, 0.29) is 23.8 Å². The van der Waals surface area contributed by atoms with Crippen LogP contribution < -0.4 is 5.32 Å². The van der Waals surface area contributed by atoms with Gasteiger partial charge in [-0.3, -0.25) is 4.79 Å². The SMILES string of the molecule is CC(C)=CC1C(C(=O)NCCc2ccc(CO)cc2)C1(C)C. The molecule has 2 N–H and O–H groups in total. The highest BCUT2D eigenvalue weighted by Gasteiger charge is 2.60. The largest absolute Gasteiger partial charge is 0.392 e. The van der Waals surface area contributed by atoms with Crippen LogP contribution in [0, 0.1) is 17.3 Å². The molecule has 0 aromatic heterocycles. The van der Waals surface area contributed by atoms with Gasteiger partial charge in [0.15, 0.2) is 0 Å². The second-order valence-corrected chi connectivity index (χ2v) is 7.08. The number of rotatable bonds is 6. The molecule has 0 spiro atoms. The third kappa shape index (κ3) is 3.77. The molecule has 22 heavy (non-hydrogen) atoms. The number of allylic oxidation sites excluding steroid dienone is 2. The number of aliphatic hydroxyl groups is 1. The van der Waals surface area contributed by atoms with E-state index in [1.165, 1.54) is 11.1 Å². The lowest BCUT2D eigenvalue weighted by molar-refractivity contribution is -0.123. The number of nitrogens with one attached hydrogen (secondary N) is 1. The fraction of sp³-hybridized carbons (Fsp3) is 0.526. The highest BCUT2D eigenvalue weighted by atomic mass is 16.3. The van der Waals surface area contributed by atoms with Crippen molar-refractivity contribution in [3.63, 3.8) is 0 Å². The first-order valence-electron chi connectivity index (χ1n) is 7.97. The average Bonchev–Trinajstić information content (AvgIpc) is 2.99. The maximum Gasteiger partial charge on any atom is 0.224 e. The number of hydrogen-bond acceptors (Lipinski definition) is 2. The molecule has 1 saturated carbocycles. The maximum absolute atomic E-state index is 12.3. The van der Waals surface area contributed by atoms with Gasteiger partial charge in [0, 0.05) is 6.54 Å². The van der Waals surface area contributed by atoms with Gasteiger partial charge in [0.25, 0.3) is 0 Å². The Morgan fingerprint density at radius 1 is 1.23 bits per heavy atom. The van der Waals surface area contributed by atoms with Crippen molar-refractivity contribution in [1.82, 2.24) is 5.32 Å². The zero-order chi connectivity index (χ0) is 16.3. The zero-order valence-corrected chi connectivity index (χ0v) is 14.0. The second-order valence-electron chi connectivity index (χ2n) is 7.08. The van der Waals surface area contributed by atoms with Crippen LogP contribution in [-0.4, -0.2) is 17.6 Å². The quantitative estimate of drug-likeness (QED) is 0.793. The van der Waals surface area contributed by atoms with E-state index in [0.717, 1.165) is 12.0 Å². The third-order valence-electron chi connectivity index (χ3n) is 4.62. The molecule has 1 aromatic carbocycles. The van der Waals surface area contributed by atoms with Gasteiger partial charge in [-0.1, -0.05) is 49.8 Å². The van der Waals surface area contributed by atoms with Crippen molar-refractivity contribution < 1.29 is 9.90 Å². The Morgan fingerprint density at radius 2 is 1.82 bits per heavy atom. The van der Waals surface area contributed by atoms with Gasteiger partial charge >= 0.3 is 0 Å². The lowest BCUT2D eigenvalue weighted by Crippen LogP contribution is -2.28. The van der Waals surface area contributed by atoms with E-state index in [1.807, 2.05) is 24.3 Å². The lowest BCUT2D eigenvalue weighted by Gasteiger charge is -2.07. The summed E-state index contributed by atoms with van der Waals surface area (Å²) < 4.78 is 0. The van der Waals surface area contributed by atoms with Gasteiger partial charge in [0.05, 0.1) is 12.5 Å². The summed E-state index contributed by atoms with van der Waals surface area (Å²) in [6, 6.07) is 7.85. The number of carbonyl (C=O) groups is 1. The Hall–Kier alpha value is -1.61. The van der Waals surface area contributed by atoms with E-state index in [0.29, 0.717) is 12.5 Å². The van der Waals surface area contributed by atoms with Crippen molar-refractivity contribution in [1.29, 1.82) is 0 Å². The topological polar surface area (TPSA) is 49.3 Å². The van der Waals surface area contributed by atoms with Crippen molar-refractivity contribution in [3.8, 4) is 0 Å². The minimum absolute atomic E-state index is 0.0690. The first-order valence-corrected chi connectivity index (χ1v) is 7.97. The number of benzene rings is 1. The maximum atomic E-state index is 12.3. The molecule has 2 atom stereocenters. The van der Waals surface area contributed by atoms with Crippen LogP contribution in [-0.2, 0) is 17.8 Å². The lowest BCUT2D eigenvalue weighted by atomic mass is 10.1. The Kier molecular flexibility index (Phi) is 5.07. The molecule has 3 nitrogen and oxygen atoms in total. The van der Waals surface area contributed by atoms with Crippen LogP contribution in [0.2, 0.25) is 0 Å². The van der Waals surface area contributed by atoms with E-state index in [1.54, 1.807) is 0 Å². The highest BCUT2D eigenvalue weighted by Crippen LogP contribution is 2.59. The Bertz CT molecular complexity index is 553. The van der Waals surface area contributed by atoms with Crippen molar-refractivity contribution in [2.45, 2.75) is 40.7 Å². The molecule has 1 aromatic rings. The minimum Gasteiger partial charge on any atom is -0.392 e. The molecule has 0 saturated heterocycles. The average molecular weight is 301 g/mol. The molecule has 1 aliphatic rings. The van der Waals surface area contributed by atoms with E-state index >= 15 is 0 Å². The number of carbonyl (C=O) groups excluding carboxylic acids is 1. The van der Waals surface area contributed by atoms with E-state index in [4.69, 9.17) is 5.11 Å². The van der Waals surface area contributed by atoms with Crippen LogP contribution in [0.1, 0.15) is 38.8 Å². The van der Waals surface area contributed by atoms with Gasteiger partial charge in [-0.15, -0.1) is 0 Å². The fourth-order valence-corrected chi connectivity index (χ4v) is 3.10. The van der Waals surface area contributed by atoms with Crippen molar-refractivity contribution >= 4 is 5.91 Å². The number of hydrogen-bond donors (Lipinski definition) is 2. The van der Waals surface area contributed by atoms with Gasteiger partial charge in [-0.05, 0) is 42.7 Å². The smallest absolute Gasteiger partial charge is 0.224 e. The van der Waals surface area contributed by atoms with Crippen LogP contribution in [0.15, 0.2) is 35.9 Å². The third-order valence-corrected chi connectivity index (χ3v) is 4.62. The molecule has 0 heterocycles. The van der Waals surface area contributed by atoms with E-state index < -0.39 is 0 Å². The summed E-state index contributed by atoms with van der Waals surface area (Å²) in [7, 11) is 0. The normalized spacial score (nSPS) is 22.0. The molecule has 120 valence electrons. The Morgan fingerprint density at radius 3 is 2.36 bits per heavy atom. The standard InChI is InChI=1S/C19H27NO2/c1-13(2)11-16-17(19(16,3)4)18(22)20-10-9-14-5-7-15(12-21)8-6-14/h5-8,11,16-17,21H,9-10,12H2,1-4H3,(H,20,22). The van der Waals surface area contributed by atoms with E-state index in [2.05, 4.69) is 39.1 Å². The predicted octanol–water partition coefficient (Wildman–Crippen LogP) is 3.08. The molecule has 1 aliphatic carbocycles. The first kappa shape index (κ1) is 16.8. The summed E-state index contributed by atoms with van der Waals surface area (Å²) in [4.78, 5) is 12.3. The van der Waals surface area contributed by atoms with Gasteiger partial charge in [-0.25, -0.2) is 0 Å². The monoisotopic (exact) mass is 301 g/mol. The molecule has 0 aliphatic heterocycles. The predicted molar refractivity (Wildman–Crippen MR) is 89.3 cm³/mol. The molecular weight excluding hydrogens is 274 g/mol. The zero-order valence-electron chi connectivity index (χ0n) is 14.0. The summed E-state index contributed by atoms with van der Waals surface area (Å²) in [5, 5.41) is 12.1. The van der Waals surface area contributed by atoms with Crippen molar-refractivity contribution in [2.24, 2.45) is 17.3 Å².